The molecule has 0 aromatic carbocycles. The molecule has 2 aromatic rings. The summed E-state index contributed by atoms with van der Waals surface area (Å²) in [5.41, 5.74) is 8.37. The second-order valence-electron chi connectivity index (χ2n) is 4.78. The summed E-state index contributed by atoms with van der Waals surface area (Å²) in [5.74, 6) is 0.934. The van der Waals surface area contributed by atoms with E-state index in [2.05, 4.69) is 24.9 Å². The number of aryl methyl sites for hydroxylation is 2. The highest BCUT2D eigenvalue weighted by Gasteiger charge is 2.09. The predicted octanol–water partition coefficient (Wildman–Crippen LogP) is 3.72. The minimum Gasteiger partial charge on any atom is -0.468 e. The van der Waals surface area contributed by atoms with E-state index in [4.69, 9.17) is 10.2 Å². The normalized spacial score (nSPS) is 12.6. The van der Waals surface area contributed by atoms with Crippen LogP contribution in [0.25, 0.3) is 0 Å². The van der Waals surface area contributed by atoms with Crippen LogP contribution in [0.1, 0.15) is 30.2 Å². The van der Waals surface area contributed by atoms with E-state index in [1.807, 2.05) is 19.2 Å². The van der Waals surface area contributed by atoms with Crippen molar-refractivity contribution in [3.63, 3.8) is 0 Å². The molecule has 0 saturated carbocycles. The molecule has 0 fully saturated rings. The van der Waals surface area contributed by atoms with Gasteiger partial charge in [-0.2, -0.15) is 0 Å². The molecule has 4 heteroatoms. The van der Waals surface area contributed by atoms with Crippen LogP contribution in [0, 0.1) is 13.8 Å². The van der Waals surface area contributed by atoms with E-state index in [0.717, 1.165) is 28.5 Å². The van der Waals surface area contributed by atoms with Gasteiger partial charge in [0.2, 0.25) is 0 Å². The van der Waals surface area contributed by atoms with Gasteiger partial charge in [-0.05, 0) is 43.9 Å². The Hall–Kier alpha value is -1.26. The molecule has 3 nitrogen and oxygen atoms in total. The van der Waals surface area contributed by atoms with Crippen LogP contribution < -0.4 is 5.73 Å². The molecule has 0 spiro atoms. The van der Waals surface area contributed by atoms with Gasteiger partial charge in [-0.1, -0.05) is 24.8 Å². The highest BCUT2D eigenvalue weighted by Crippen LogP contribution is 2.31. The van der Waals surface area contributed by atoms with Gasteiger partial charge < -0.3 is 10.2 Å². The zero-order chi connectivity index (χ0) is 13.8. The van der Waals surface area contributed by atoms with Crippen molar-refractivity contribution in [2.45, 2.75) is 49.6 Å². The lowest BCUT2D eigenvalue weighted by Gasteiger charge is -2.10. The maximum absolute atomic E-state index is 5.98. The first kappa shape index (κ1) is 14.2. The van der Waals surface area contributed by atoms with Crippen LogP contribution in [-0.4, -0.2) is 11.0 Å². The van der Waals surface area contributed by atoms with Crippen molar-refractivity contribution in [1.82, 2.24) is 4.98 Å². The number of nitrogens with zero attached hydrogens (tertiary/aromatic N) is 1. The van der Waals surface area contributed by atoms with Crippen molar-refractivity contribution in [3.05, 3.63) is 41.5 Å². The maximum atomic E-state index is 5.98. The number of aromatic nitrogens is 1. The van der Waals surface area contributed by atoms with Crippen LogP contribution in [0.5, 0.6) is 0 Å². The largest absolute Gasteiger partial charge is 0.468 e. The SMILES string of the molecule is CCC(N)Cc1cnc(Sc2ccoc2C)c(C)c1. The summed E-state index contributed by atoms with van der Waals surface area (Å²) in [6.45, 7) is 6.16. The van der Waals surface area contributed by atoms with E-state index in [1.165, 1.54) is 11.1 Å². The minimum absolute atomic E-state index is 0.218. The van der Waals surface area contributed by atoms with Gasteiger partial charge in [0.1, 0.15) is 10.8 Å². The lowest BCUT2D eigenvalue weighted by atomic mass is 10.1. The first-order valence-corrected chi connectivity index (χ1v) is 7.34. The topological polar surface area (TPSA) is 52.0 Å². The van der Waals surface area contributed by atoms with Crippen LogP contribution in [0.2, 0.25) is 0 Å². The van der Waals surface area contributed by atoms with Crippen LogP contribution in [0.15, 0.2) is 38.9 Å². The second kappa shape index (κ2) is 6.26. The van der Waals surface area contributed by atoms with E-state index in [1.54, 1.807) is 18.0 Å². The number of furan rings is 1. The summed E-state index contributed by atoms with van der Waals surface area (Å²) in [6.07, 6.45) is 5.52. The first-order chi connectivity index (χ1) is 9.10. The van der Waals surface area contributed by atoms with Gasteiger partial charge in [0.25, 0.3) is 0 Å². The fourth-order valence-electron chi connectivity index (χ4n) is 1.87. The molecule has 0 bridgehead atoms. The monoisotopic (exact) mass is 276 g/mol. The third-order valence-electron chi connectivity index (χ3n) is 3.13. The molecule has 1 atom stereocenters. The standard InChI is InChI=1S/C15H20N2OS/c1-4-13(16)8-12-7-10(2)15(17-9-12)19-14-5-6-18-11(14)3/h5-7,9,13H,4,8,16H2,1-3H3. The summed E-state index contributed by atoms with van der Waals surface area (Å²) in [4.78, 5) is 5.67. The average Bonchev–Trinajstić information content (AvgIpc) is 2.78. The van der Waals surface area contributed by atoms with Crippen LogP contribution in [0.4, 0.5) is 0 Å². The van der Waals surface area contributed by atoms with Crippen molar-refractivity contribution in [1.29, 1.82) is 0 Å². The molecule has 2 aromatic heterocycles. The van der Waals surface area contributed by atoms with Crippen LogP contribution in [-0.2, 0) is 6.42 Å². The molecule has 1 unspecified atom stereocenters. The Balaban J connectivity index is 2.13. The van der Waals surface area contributed by atoms with E-state index >= 15 is 0 Å². The number of pyridine rings is 1. The Morgan fingerprint density at radius 2 is 2.21 bits per heavy atom. The molecular weight excluding hydrogens is 256 g/mol. The minimum atomic E-state index is 0.218. The second-order valence-corrected chi connectivity index (χ2v) is 5.81. The third-order valence-corrected chi connectivity index (χ3v) is 4.39. The molecule has 0 radical (unpaired) electrons. The molecule has 102 valence electrons. The average molecular weight is 276 g/mol. The van der Waals surface area contributed by atoms with Crippen molar-refractivity contribution in [2.75, 3.05) is 0 Å². The van der Waals surface area contributed by atoms with Gasteiger partial charge in [0.05, 0.1) is 11.2 Å². The Bertz CT molecular complexity index is 551. The number of hydrogen-bond acceptors (Lipinski definition) is 4. The van der Waals surface area contributed by atoms with Crippen LogP contribution in [0.3, 0.4) is 0 Å². The van der Waals surface area contributed by atoms with Crippen molar-refractivity contribution < 1.29 is 4.42 Å². The van der Waals surface area contributed by atoms with Gasteiger partial charge in [-0.25, -0.2) is 4.98 Å². The number of hydrogen-bond donors (Lipinski definition) is 1. The number of nitrogens with two attached hydrogens (primary N) is 1. The molecular formula is C15H20N2OS. The predicted molar refractivity (Wildman–Crippen MR) is 78.5 cm³/mol. The smallest absolute Gasteiger partial charge is 0.114 e. The van der Waals surface area contributed by atoms with Crippen molar-refractivity contribution in [2.24, 2.45) is 5.73 Å². The molecule has 0 saturated heterocycles. The fraction of sp³-hybridized carbons (Fsp3) is 0.400. The molecule has 0 aliphatic rings. The third kappa shape index (κ3) is 3.61. The van der Waals surface area contributed by atoms with Gasteiger partial charge in [0.15, 0.2) is 0 Å². The lowest BCUT2D eigenvalue weighted by molar-refractivity contribution is 0.527. The molecule has 2 rings (SSSR count). The lowest BCUT2D eigenvalue weighted by Crippen LogP contribution is -2.21. The molecule has 0 aliphatic heterocycles. The summed E-state index contributed by atoms with van der Waals surface area (Å²) in [6, 6.07) is 4.37. The Morgan fingerprint density at radius 1 is 1.42 bits per heavy atom. The zero-order valence-corrected chi connectivity index (χ0v) is 12.5. The summed E-state index contributed by atoms with van der Waals surface area (Å²) in [7, 11) is 0. The summed E-state index contributed by atoms with van der Waals surface area (Å²) in [5, 5.41) is 1.03. The highest BCUT2D eigenvalue weighted by atomic mass is 32.2. The van der Waals surface area contributed by atoms with Gasteiger partial charge in [-0.15, -0.1) is 0 Å². The Labute approximate surface area is 118 Å². The van der Waals surface area contributed by atoms with E-state index in [-0.39, 0.29) is 6.04 Å². The zero-order valence-electron chi connectivity index (χ0n) is 11.6. The highest BCUT2D eigenvalue weighted by molar-refractivity contribution is 7.99. The fourth-order valence-corrected chi connectivity index (χ4v) is 2.72. The van der Waals surface area contributed by atoms with Crippen molar-refractivity contribution in [3.8, 4) is 0 Å². The van der Waals surface area contributed by atoms with E-state index < -0.39 is 0 Å². The molecule has 19 heavy (non-hydrogen) atoms. The first-order valence-electron chi connectivity index (χ1n) is 6.53. The van der Waals surface area contributed by atoms with Gasteiger partial charge >= 0.3 is 0 Å². The molecule has 0 aliphatic carbocycles. The number of rotatable bonds is 5. The van der Waals surface area contributed by atoms with Gasteiger partial charge in [-0.3, -0.25) is 0 Å². The quantitative estimate of drug-likeness (QED) is 0.904. The summed E-state index contributed by atoms with van der Waals surface area (Å²) < 4.78 is 5.30. The Kier molecular flexibility index (Phi) is 4.66. The van der Waals surface area contributed by atoms with Gasteiger partial charge in [0, 0.05) is 12.2 Å². The van der Waals surface area contributed by atoms with Crippen LogP contribution >= 0.6 is 11.8 Å². The molecule has 2 N–H and O–H groups in total. The maximum Gasteiger partial charge on any atom is 0.114 e. The van der Waals surface area contributed by atoms with E-state index in [0.29, 0.717) is 0 Å². The summed E-state index contributed by atoms with van der Waals surface area (Å²) >= 11 is 1.64. The Morgan fingerprint density at radius 3 is 2.79 bits per heavy atom. The molecule has 2 heterocycles. The van der Waals surface area contributed by atoms with Crippen molar-refractivity contribution >= 4 is 11.8 Å². The van der Waals surface area contributed by atoms with E-state index in [9.17, 15) is 0 Å². The molecule has 0 amide bonds.